The summed E-state index contributed by atoms with van der Waals surface area (Å²) in [7, 11) is 1.66. The van der Waals surface area contributed by atoms with Crippen LogP contribution >= 0.6 is 0 Å². The zero-order valence-electron chi connectivity index (χ0n) is 16.5. The van der Waals surface area contributed by atoms with Crippen molar-refractivity contribution in [2.75, 3.05) is 7.11 Å². The van der Waals surface area contributed by atoms with Crippen LogP contribution in [0.4, 0.5) is 0 Å². The molecule has 142 valence electrons. The van der Waals surface area contributed by atoms with Crippen LogP contribution in [0.3, 0.4) is 0 Å². The highest BCUT2D eigenvalue weighted by Gasteiger charge is 2.22. The average molecular weight is 364 g/mol. The van der Waals surface area contributed by atoms with Gasteiger partial charge in [0.05, 0.1) is 7.11 Å². The number of fused-ring (bicyclic) bond motifs is 1. The van der Waals surface area contributed by atoms with Gasteiger partial charge in [-0.3, -0.25) is 4.79 Å². The number of methoxy groups -OCH3 is 1. The van der Waals surface area contributed by atoms with Gasteiger partial charge in [0, 0.05) is 35.5 Å². The number of ether oxygens (including phenoxy) is 1. The Balaban J connectivity index is 1.94. The molecule has 0 radical (unpaired) electrons. The maximum Gasteiger partial charge on any atom is 0.221 e. The molecule has 0 aliphatic heterocycles. The van der Waals surface area contributed by atoms with E-state index in [9.17, 15) is 4.79 Å². The Hall–Kier alpha value is -2.75. The Labute approximate surface area is 160 Å². The second-order valence-electron chi connectivity index (χ2n) is 7.42. The Morgan fingerprint density at radius 1 is 1.07 bits per heavy atom. The molecule has 27 heavy (non-hydrogen) atoms. The zero-order valence-corrected chi connectivity index (χ0v) is 16.5. The Kier molecular flexibility index (Phi) is 5.84. The SMILES string of the molecule is COc1ccc(C(CC(=O)NC(C)C(C)C)c2c[nH]c3ccccc23)cc1. The number of aromatic amines is 1. The lowest BCUT2D eigenvalue weighted by atomic mass is 9.87. The highest BCUT2D eigenvalue weighted by Crippen LogP contribution is 2.34. The molecule has 0 spiro atoms. The van der Waals surface area contributed by atoms with Gasteiger partial charge in [0.1, 0.15) is 5.75 Å². The molecule has 2 atom stereocenters. The summed E-state index contributed by atoms with van der Waals surface area (Å²) in [5, 5.41) is 4.29. The lowest BCUT2D eigenvalue weighted by molar-refractivity contribution is -0.122. The van der Waals surface area contributed by atoms with E-state index < -0.39 is 0 Å². The molecule has 2 unspecified atom stereocenters. The third kappa shape index (κ3) is 4.33. The highest BCUT2D eigenvalue weighted by molar-refractivity contribution is 5.86. The average Bonchev–Trinajstić information content (AvgIpc) is 3.10. The van der Waals surface area contributed by atoms with Crippen molar-refractivity contribution in [3.05, 3.63) is 65.9 Å². The van der Waals surface area contributed by atoms with E-state index in [4.69, 9.17) is 4.74 Å². The number of para-hydroxylation sites is 1. The summed E-state index contributed by atoms with van der Waals surface area (Å²) in [5.41, 5.74) is 3.33. The standard InChI is InChI=1S/C23H28N2O2/c1-15(2)16(3)25-23(26)13-20(17-9-11-18(27-4)12-10-17)21-14-24-22-8-6-5-7-19(21)22/h5-12,14-16,20,24H,13H2,1-4H3,(H,25,26). The van der Waals surface area contributed by atoms with Gasteiger partial charge in [-0.05, 0) is 42.2 Å². The second kappa shape index (κ2) is 8.30. The molecule has 2 N–H and O–H groups in total. The maximum absolute atomic E-state index is 12.8. The summed E-state index contributed by atoms with van der Waals surface area (Å²) in [6.07, 6.45) is 2.43. The number of nitrogens with one attached hydrogen (secondary N) is 2. The van der Waals surface area contributed by atoms with E-state index in [0.717, 1.165) is 27.8 Å². The third-order valence-corrected chi connectivity index (χ3v) is 5.29. The van der Waals surface area contributed by atoms with E-state index in [2.05, 4.69) is 43.2 Å². The van der Waals surface area contributed by atoms with Gasteiger partial charge in [-0.15, -0.1) is 0 Å². The molecule has 2 aromatic carbocycles. The third-order valence-electron chi connectivity index (χ3n) is 5.29. The van der Waals surface area contributed by atoms with Crippen LogP contribution in [-0.4, -0.2) is 24.0 Å². The van der Waals surface area contributed by atoms with Crippen molar-refractivity contribution < 1.29 is 9.53 Å². The van der Waals surface area contributed by atoms with Crippen LogP contribution in [0.2, 0.25) is 0 Å². The molecular formula is C23H28N2O2. The highest BCUT2D eigenvalue weighted by atomic mass is 16.5. The molecule has 4 nitrogen and oxygen atoms in total. The van der Waals surface area contributed by atoms with Gasteiger partial charge in [0.15, 0.2) is 0 Å². The van der Waals surface area contributed by atoms with E-state index in [1.807, 2.05) is 42.6 Å². The van der Waals surface area contributed by atoms with Crippen molar-refractivity contribution in [3.8, 4) is 5.75 Å². The number of carbonyl (C=O) groups is 1. The summed E-state index contributed by atoms with van der Waals surface area (Å²) in [6.45, 7) is 6.29. The number of H-pyrrole nitrogens is 1. The lowest BCUT2D eigenvalue weighted by Crippen LogP contribution is -2.36. The van der Waals surface area contributed by atoms with Gasteiger partial charge in [0.2, 0.25) is 5.91 Å². The summed E-state index contributed by atoms with van der Waals surface area (Å²) in [6, 6.07) is 16.4. The molecular weight excluding hydrogens is 336 g/mol. The number of aromatic nitrogens is 1. The van der Waals surface area contributed by atoms with E-state index in [1.54, 1.807) is 7.11 Å². The molecule has 1 aromatic heterocycles. The quantitative estimate of drug-likeness (QED) is 0.629. The molecule has 0 aliphatic carbocycles. The number of amides is 1. The molecule has 0 saturated carbocycles. The van der Waals surface area contributed by atoms with Gasteiger partial charge < -0.3 is 15.0 Å². The maximum atomic E-state index is 12.8. The molecule has 3 rings (SSSR count). The fraction of sp³-hybridized carbons (Fsp3) is 0.348. The molecule has 0 aliphatic rings. The summed E-state index contributed by atoms with van der Waals surface area (Å²) in [4.78, 5) is 16.1. The van der Waals surface area contributed by atoms with Crippen molar-refractivity contribution >= 4 is 16.8 Å². The fourth-order valence-electron chi connectivity index (χ4n) is 3.29. The number of benzene rings is 2. The van der Waals surface area contributed by atoms with Gasteiger partial charge >= 0.3 is 0 Å². The molecule has 3 aromatic rings. The van der Waals surface area contributed by atoms with Crippen LogP contribution in [0, 0.1) is 5.92 Å². The van der Waals surface area contributed by atoms with Crippen LogP contribution in [0.25, 0.3) is 10.9 Å². The normalized spacial score (nSPS) is 13.5. The smallest absolute Gasteiger partial charge is 0.221 e. The summed E-state index contributed by atoms with van der Waals surface area (Å²) in [5.74, 6) is 1.27. The van der Waals surface area contributed by atoms with Crippen LogP contribution in [-0.2, 0) is 4.79 Å². The second-order valence-corrected chi connectivity index (χ2v) is 7.42. The van der Waals surface area contributed by atoms with Gasteiger partial charge in [-0.25, -0.2) is 0 Å². The molecule has 0 bridgehead atoms. The number of carbonyl (C=O) groups excluding carboxylic acids is 1. The van der Waals surface area contributed by atoms with Crippen molar-refractivity contribution in [1.29, 1.82) is 0 Å². The van der Waals surface area contributed by atoms with Crippen LogP contribution in [0.5, 0.6) is 5.75 Å². The number of hydrogen-bond donors (Lipinski definition) is 2. The van der Waals surface area contributed by atoms with E-state index in [0.29, 0.717) is 12.3 Å². The Morgan fingerprint density at radius 3 is 2.44 bits per heavy atom. The fourth-order valence-corrected chi connectivity index (χ4v) is 3.29. The minimum atomic E-state index is -0.0218. The van der Waals surface area contributed by atoms with Gasteiger partial charge in [-0.2, -0.15) is 0 Å². The van der Waals surface area contributed by atoms with Crippen LogP contribution < -0.4 is 10.1 Å². The first-order chi connectivity index (χ1) is 13.0. The Morgan fingerprint density at radius 2 is 1.78 bits per heavy atom. The van der Waals surface area contributed by atoms with E-state index >= 15 is 0 Å². The molecule has 1 heterocycles. The molecule has 0 saturated heterocycles. The monoisotopic (exact) mass is 364 g/mol. The topological polar surface area (TPSA) is 54.1 Å². The van der Waals surface area contributed by atoms with Crippen molar-refractivity contribution in [2.45, 2.75) is 39.2 Å². The zero-order chi connectivity index (χ0) is 19.4. The number of hydrogen-bond acceptors (Lipinski definition) is 2. The lowest BCUT2D eigenvalue weighted by Gasteiger charge is -2.21. The minimum absolute atomic E-state index is 0.0218. The van der Waals surface area contributed by atoms with E-state index in [-0.39, 0.29) is 17.9 Å². The predicted molar refractivity (Wildman–Crippen MR) is 110 cm³/mol. The number of rotatable bonds is 7. The predicted octanol–water partition coefficient (Wildman–Crippen LogP) is 4.86. The van der Waals surface area contributed by atoms with Gasteiger partial charge in [0.25, 0.3) is 0 Å². The Bertz CT molecular complexity index is 896. The molecule has 4 heteroatoms. The molecule has 0 fully saturated rings. The first kappa shape index (κ1) is 19.0. The minimum Gasteiger partial charge on any atom is -0.497 e. The summed E-state index contributed by atoms with van der Waals surface area (Å²) < 4.78 is 5.28. The van der Waals surface area contributed by atoms with Crippen molar-refractivity contribution in [1.82, 2.24) is 10.3 Å². The van der Waals surface area contributed by atoms with Gasteiger partial charge in [-0.1, -0.05) is 44.2 Å². The van der Waals surface area contributed by atoms with Crippen LogP contribution in [0.1, 0.15) is 44.2 Å². The largest absolute Gasteiger partial charge is 0.497 e. The van der Waals surface area contributed by atoms with Crippen LogP contribution in [0.15, 0.2) is 54.7 Å². The van der Waals surface area contributed by atoms with Crippen molar-refractivity contribution in [3.63, 3.8) is 0 Å². The first-order valence-electron chi connectivity index (χ1n) is 9.49. The summed E-state index contributed by atoms with van der Waals surface area (Å²) >= 11 is 0. The first-order valence-corrected chi connectivity index (χ1v) is 9.49. The van der Waals surface area contributed by atoms with E-state index in [1.165, 1.54) is 0 Å². The van der Waals surface area contributed by atoms with Crippen molar-refractivity contribution in [2.24, 2.45) is 5.92 Å². The molecule has 1 amide bonds.